The molecule has 0 atom stereocenters. The minimum Gasteiger partial charge on any atom is -0.493 e. The summed E-state index contributed by atoms with van der Waals surface area (Å²) >= 11 is 0. The van der Waals surface area contributed by atoms with Gasteiger partial charge in [0.25, 0.3) is 0 Å². The van der Waals surface area contributed by atoms with E-state index in [0.29, 0.717) is 42.5 Å². The minimum absolute atomic E-state index is 0.0735. The molecule has 0 radical (unpaired) electrons. The van der Waals surface area contributed by atoms with Crippen molar-refractivity contribution in [1.29, 1.82) is 0 Å². The first-order valence-electron chi connectivity index (χ1n) is 11.3. The van der Waals surface area contributed by atoms with Gasteiger partial charge in [-0.25, -0.2) is 18.2 Å². The Morgan fingerprint density at radius 3 is 2.50 bits per heavy atom. The summed E-state index contributed by atoms with van der Waals surface area (Å²) in [5.41, 5.74) is 1.57. The first-order chi connectivity index (χ1) is 16.4. The van der Waals surface area contributed by atoms with E-state index in [4.69, 9.17) is 14.2 Å². The zero-order chi connectivity index (χ0) is 24.3. The highest BCUT2D eigenvalue weighted by Gasteiger charge is 2.27. The largest absolute Gasteiger partial charge is 0.493 e. The first kappa shape index (κ1) is 24.0. The van der Waals surface area contributed by atoms with Gasteiger partial charge >= 0.3 is 5.97 Å². The van der Waals surface area contributed by atoms with E-state index in [1.54, 1.807) is 40.7 Å². The van der Waals surface area contributed by atoms with Crippen LogP contribution >= 0.6 is 0 Å². The van der Waals surface area contributed by atoms with Gasteiger partial charge in [-0.3, -0.25) is 0 Å². The van der Waals surface area contributed by atoms with E-state index in [-0.39, 0.29) is 17.1 Å². The van der Waals surface area contributed by atoms with Gasteiger partial charge in [0.1, 0.15) is 18.0 Å². The van der Waals surface area contributed by atoms with E-state index in [0.717, 1.165) is 24.8 Å². The number of carbonyl (C=O) groups excluding carboxylic acids is 1. The van der Waals surface area contributed by atoms with Crippen molar-refractivity contribution in [1.82, 2.24) is 13.9 Å². The van der Waals surface area contributed by atoms with Crippen LogP contribution in [0.3, 0.4) is 0 Å². The molecule has 1 aromatic heterocycles. The number of sulfonamides is 1. The average molecular weight is 488 g/mol. The van der Waals surface area contributed by atoms with Crippen molar-refractivity contribution in [2.24, 2.45) is 0 Å². The molecule has 1 fully saturated rings. The van der Waals surface area contributed by atoms with Gasteiger partial charge in [0.15, 0.2) is 11.5 Å². The number of hydrogen-bond acceptors (Lipinski definition) is 7. The number of para-hydroxylation sites is 1. The molecule has 182 valence electrons. The number of imidazole rings is 1. The minimum atomic E-state index is -3.57. The van der Waals surface area contributed by atoms with E-state index >= 15 is 0 Å². The van der Waals surface area contributed by atoms with Crippen LogP contribution in [0.5, 0.6) is 11.5 Å². The number of nitrogens with zero attached hydrogens (tertiary/aromatic N) is 3. The SMILES string of the molecule is CCn1c(COC(=O)c2cccc(OC)c2OC)nc2cc(S(=O)(=O)N3CCCCC3)ccc21. The van der Waals surface area contributed by atoms with Gasteiger partial charge in [0.2, 0.25) is 10.0 Å². The molecule has 3 aromatic rings. The Labute approximate surface area is 199 Å². The van der Waals surface area contributed by atoms with Gasteiger partial charge in [-0.15, -0.1) is 0 Å². The average Bonchev–Trinajstić information content (AvgIpc) is 3.23. The smallest absolute Gasteiger partial charge is 0.342 e. The lowest BCUT2D eigenvalue weighted by Crippen LogP contribution is -2.35. The third kappa shape index (κ3) is 4.47. The summed E-state index contributed by atoms with van der Waals surface area (Å²) in [7, 11) is -0.612. The van der Waals surface area contributed by atoms with Gasteiger partial charge < -0.3 is 18.8 Å². The fraction of sp³-hybridized carbons (Fsp3) is 0.417. The first-order valence-corrected chi connectivity index (χ1v) is 12.7. The van der Waals surface area contributed by atoms with Crippen LogP contribution in [-0.2, 0) is 27.9 Å². The number of hydrogen-bond donors (Lipinski definition) is 0. The Hall–Kier alpha value is -3.11. The van der Waals surface area contributed by atoms with E-state index in [9.17, 15) is 13.2 Å². The highest BCUT2D eigenvalue weighted by atomic mass is 32.2. The van der Waals surface area contributed by atoms with Crippen molar-refractivity contribution in [2.45, 2.75) is 44.2 Å². The van der Waals surface area contributed by atoms with Gasteiger partial charge in [-0.05, 0) is 50.1 Å². The molecule has 1 saturated heterocycles. The highest BCUT2D eigenvalue weighted by molar-refractivity contribution is 7.89. The van der Waals surface area contributed by atoms with Crippen LogP contribution in [0, 0.1) is 0 Å². The molecule has 1 aliphatic rings. The number of fused-ring (bicyclic) bond motifs is 1. The predicted octanol–water partition coefficient (Wildman–Crippen LogP) is 3.61. The number of piperidine rings is 1. The molecule has 34 heavy (non-hydrogen) atoms. The maximum absolute atomic E-state index is 13.1. The predicted molar refractivity (Wildman–Crippen MR) is 127 cm³/mol. The second-order valence-corrected chi connectivity index (χ2v) is 9.94. The van der Waals surface area contributed by atoms with Gasteiger partial charge in [0.05, 0.1) is 30.1 Å². The molecule has 0 amide bonds. The van der Waals surface area contributed by atoms with Crippen molar-refractivity contribution < 1.29 is 27.4 Å². The Kier molecular flexibility index (Phi) is 7.08. The highest BCUT2D eigenvalue weighted by Crippen LogP contribution is 2.31. The van der Waals surface area contributed by atoms with Crippen LogP contribution in [0.15, 0.2) is 41.3 Å². The van der Waals surface area contributed by atoms with E-state index < -0.39 is 16.0 Å². The zero-order valence-corrected chi connectivity index (χ0v) is 20.4. The van der Waals surface area contributed by atoms with Crippen LogP contribution in [0.2, 0.25) is 0 Å². The zero-order valence-electron chi connectivity index (χ0n) is 19.6. The lowest BCUT2D eigenvalue weighted by molar-refractivity contribution is 0.0454. The van der Waals surface area contributed by atoms with E-state index in [1.165, 1.54) is 14.2 Å². The topological polar surface area (TPSA) is 100.0 Å². The fourth-order valence-corrected chi connectivity index (χ4v) is 5.83. The third-order valence-electron chi connectivity index (χ3n) is 6.02. The molecule has 10 heteroatoms. The monoisotopic (exact) mass is 487 g/mol. The Bertz CT molecular complexity index is 1300. The maximum Gasteiger partial charge on any atom is 0.342 e. The number of aryl methyl sites for hydroxylation is 1. The molecule has 0 aliphatic carbocycles. The number of carbonyl (C=O) groups is 1. The molecule has 0 spiro atoms. The summed E-state index contributed by atoms with van der Waals surface area (Å²) in [5.74, 6) is 0.686. The molecule has 2 heterocycles. The number of methoxy groups -OCH3 is 2. The molecular weight excluding hydrogens is 458 g/mol. The summed E-state index contributed by atoms with van der Waals surface area (Å²) in [6.45, 7) is 3.55. The number of rotatable bonds is 8. The van der Waals surface area contributed by atoms with Crippen LogP contribution in [0.25, 0.3) is 11.0 Å². The summed E-state index contributed by atoms with van der Waals surface area (Å²) < 4.78 is 45.7. The van der Waals surface area contributed by atoms with Crippen molar-refractivity contribution in [2.75, 3.05) is 27.3 Å². The molecule has 0 unspecified atom stereocenters. The number of esters is 1. The lowest BCUT2D eigenvalue weighted by atomic mass is 10.2. The van der Waals surface area contributed by atoms with Crippen molar-refractivity contribution >= 4 is 27.0 Å². The van der Waals surface area contributed by atoms with E-state index in [1.807, 2.05) is 11.5 Å². The van der Waals surface area contributed by atoms with E-state index in [2.05, 4.69) is 4.98 Å². The van der Waals surface area contributed by atoms with Gasteiger partial charge in [-0.1, -0.05) is 12.5 Å². The van der Waals surface area contributed by atoms with Gasteiger partial charge in [0, 0.05) is 19.6 Å². The van der Waals surface area contributed by atoms with Crippen LogP contribution in [0.4, 0.5) is 0 Å². The maximum atomic E-state index is 13.1. The summed E-state index contributed by atoms with van der Waals surface area (Å²) in [5, 5.41) is 0. The number of benzene rings is 2. The Balaban J connectivity index is 1.59. The lowest BCUT2D eigenvalue weighted by Gasteiger charge is -2.25. The summed E-state index contributed by atoms with van der Waals surface area (Å²) in [6, 6.07) is 9.97. The molecule has 0 N–H and O–H groups in total. The van der Waals surface area contributed by atoms with Gasteiger partial charge in [-0.2, -0.15) is 4.31 Å². The second-order valence-electron chi connectivity index (χ2n) is 8.00. The van der Waals surface area contributed by atoms with Crippen LogP contribution < -0.4 is 9.47 Å². The summed E-state index contributed by atoms with van der Waals surface area (Å²) in [4.78, 5) is 17.6. The normalized spacial score (nSPS) is 14.8. The number of aromatic nitrogens is 2. The number of ether oxygens (including phenoxy) is 3. The van der Waals surface area contributed by atoms with Crippen LogP contribution in [0.1, 0.15) is 42.4 Å². The molecule has 4 rings (SSSR count). The Morgan fingerprint density at radius 2 is 1.82 bits per heavy atom. The molecule has 1 aliphatic heterocycles. The standard InChI is InChI=1S/C24H29N3O6S/c1-4-27-20-12-11-17(34(29,30)26-13-6-5-7-14-26)15-19(20)25-22(27)16-33-24(28)18-9-8-10-21(31-2)23(18)32-3/h8-12,15H,4-7,13-14,16H2,1-3H3. The molecule has 0 saturated carbocycles. The van der Waals surface area contributed by atoms with Crippen LogP contribution in [-0.4, -0.2) is 55.6 Å². The molecule has 0 bridgehead atoms. The molecule has 2 aromatic carbocycles. The third-order valence-corrected chi connectivity index (χ3v) is 7.92. The molecule has 9 nitrogen and oxygen atoms in total. The molecular formula is C24H29N3O6S. The summed E-state index contributed by atoms with van der Waals surface area (Å²) in [6.07, 6.45) is 2.80. The second kappa shape index (κ2) is 10.0. The van der Waals surface area contributed by atoms with Crippen molar-refractivity contribution in [3.63, 3.8) is 0 Å². The fourth-order valence-electron chi connectivity index (χ4n) is 4.29. The van der Waals surface area contributed by atoms with Crippen molar-refractivity contribution in [3.8, 4) is 11.5 Å². The Morgan fingerprint density at radius 1 is 1.06 bits per heavy atom. The van der Waals surface area contributed by atoms with Crippen molar-refractivity contribution in [3.05, 3.63) is 47.8 Å². The quantitative estimate of drug-likeness (QED) is 0.448.